The van der Waals surface area contributed by atoms with Crippen LogP contribution in [0.1, 0.15) is 97.8 Å². The van der Waals surface area contributed by atoms with Crippen LogP contribution < -0.4 is 0 Å². The average molecular weight is 430 g/mol. The second kappa shape index (κ2) is 16.9. The normalized spacial score (nSPS) is 11.1. The lowest BCUT2D eigenvalue weighted by Crippen LogP contribution is -2.38. The number of rotatable bonds is 16. The molecule has 30 heavy (non-hydrogen) atoms. The molecule has 0 aliphatic rings. The highest BCUT2D eigenvalue weighted by Gasteiger charge is 2.21. The number of nitrogens with zero attached hydrogens (tertiary/aromatic N) is 1. The fraction of sp³-hybridized carbons (Fsp3) is 0.870. The highest BCUT2D eigenvalue weighted by molar-refractivity contribution is 5.69. The van der Waals surface area contributed by atoms with Crippen LogP contribution in [-0.2, 0) is 23.8 Å². The van der Waals surface area contributed by atoms with E-state index in [1.54, 1.807) is 0 Å². The maximum atomic E-state index is 12.5. The van der Waals surface area contributed by atoms with Gasteiger partial charge in [0.1, 0.15) is 5.60 Å². The molecule has 0 unspecified atom stereocenters. The molecule has 7 nitrogen and oxygen atoms in total. The van der Waals surface area contributed by atoms with E-state index >= 15 is 0 Å². The van der Waals surface area contributed by atoms with Crippen LogP contribution in [0.3, 0.4) is 0 Å². The van der Waals surface area contributed by atoms with E-state index in [1.165, 1.54) is 14.2 Å². The van der Waals surface area contributed by atoms with E-state index in [1.807, 2.05) is 25.7 Å². The zero-order valence-corrected chi connectivity index (χ0v) is 19.8. The van der Waals surface area contributed by atoms with Gasteiger partial charge in [-0.05, 0) is 46.5 Å². The zero-order chi connectivity index (χ0) is 22.8. The molecule has 0 aromatic rings. The molecule has 7 heteroatoms. The van der Waals surface area contributed by atoms with Gasteiger partial charge in [0.15, 0.2) is 0 Å². The highest BCUT2D eigenvalue weighted by Crippen LogP contribution is 2.14. The molecular weight excluding hydrogens is 386 g/mol. The Balaban J connectivity index is 4.13. The van der Waals surface area contributed by atoms with Gasteiger partial charge in [-0.1, -0.05) is 38.5 Å². The monoisotopic (exact) mass is 429 g/mol. The molecule has 0 atom stereocenters. The van der Waals surface area contributed by atoms with Crippen molar-refractivity contribution >= 4 is 18.0 Å². The first-order valence-electron chi connectivity index (χ1n) is 11.3. The van der Waals surface area contributed by atoms with Gasteiger partial charge in [-0.2, -0.15) is 0 Å². The van der Waals surface area contributed by atoms with Gasteiger partial charge in [-0.3, -0.25) is 9.59 Å². The van der Waals surface area contributed by atoms with E-state index in [9.17, 15) is 14.4 Å². The van der Waals surface area contributed by atoms with E-state index in [0.717, 1.165) is 64.2 Å². The minimum absolute atomic E-state index is 0.156. The standard InChI is InChI=1S/C23H43NO6/c1-23(2,3)30-22(27)24(18-14-10-6-8-12-16-20(25)28-4)19-15-11-7-9-13-17-21(26)29-5/h6-19H2,1-5H3. The summed E-state index contributed by atoms with van der Waals surface area (Å²) < 4.78 is 14.8. The van der Waals surface area contributed by atoms with E-state index in [0.29, 0.717) is 25.9 Å². The molecule has 0 fully saturated rings. The molecule has 0 rings (SSSR count). The Labute approximate surface area is 182 Å². The molecule has 0 aliphatic carbocycles. The molecule has 1 amide bonds. The van der Waals surface area contributed by atoms with Crippen LogP contribution in [0.5, 0.6) is 0 Å². The van der Waals surface area contributed by atoms with Gasteiger partial charge < -0.3 is 19.1 Å². The lowest BCUT2D eigenvalue weighted by molar-refractivity contribution is -0.141. The van der Waals surface area contributed by atoms with Crippen molar-refractivity contribution in [2.24, 2.45) is 0 Å². The molecule has 0 N–H and O–H groups in total. The number of unbranched alkanes of at least 4 members (excludes halogenated alkanes) is 8. The van der Waals surface area contributed by atoms with Gasteiger partial charge in [-0.25, -0.2) is 4.79 Å². The predicted octanol–water partition coefficient (Wildman–Crippen LogP) is 5.25. The summed E-state index contributed by atoms with van der Waals surface area (Å²) in [4.78, 5) is 36.5. The summed E-state index contributed by atoms with van der Waals surface area (Å²) in [5.41, 5.74) is -0.503. The van der Waals surface area contributed by atoms with Crippen molar-refractivity contribution in [3.05, 3.63) is 0 Å². The number of esters is 2. The summed E-state index contributed by atoms with van der Waals surface area (Å²) in [6.45, 7) is 7.02. The van der Waals surface area contributed by atoms with Crippen LogP contribution in [0, 0.1) is 0 Å². The third-order valence-electron chi connectivity index (χ3n) is 4.72. The van der Waals surface area contributed by atoms with Crippen LogP contribution in [0.25, 0.3) is 0 Å². The summed E-state index contributed by atoms with van der Waals surface area (Å²) in [5.74, 6) is -0.312. The summed E-state index contributed by atoms with van der Waals surface area (Å²) in [6, 6.07) is 0. The maximum absolute atomic E-state index is 12.5. The Kier molecular flexibility index (Phi) is 15.9. The summed E-state index contributed by atoms with van der Waals surface area (Å²) in [5, 5.41) is 0. The van der Waals surface area contributed by atoms with Crippen LogP contribution in [0.4, 0.5) is 4.79 Å². The third-order valence-corrected chi connectivity index (χ3v) is 4.72. The third kappa shape index (κ3) is 17.1. The Hall–Kier alpha value is -1.79. The van der Waals surface area contributed by atoms with Gasteiger partial charge >= 0.3 is 18.0 Å². The molecule has 176 valence electrons. The molecule has 0 aromatic heterocycles. The fourth-order valence-electron chi connectivity index (χ4n) is 3.03. The molecule has 0 aromatic carbocycles. The van der Waals surface area contributed by atoms with Gasteiger partial charge in [0.05, 0.1) is 14.2 Å². The molecule has 0 bridgehead atoms. The molecule has 0 aliphatic heterocycles. The van der Waals surface area contributed by atoms with Gasteiger partial charge in [0.25, 0.3) is 0 Å². The maximum Gasteiger partial charge on any atom is 0.410 e. The Morgan fingerprint density at radius 2 is 1.00 bits per heavy atom. The summed E-state index contributed by atoms with van der Waals surface area (Å²) in [7, 11) is 2.83. The van der Waals surface area contributed by atoms with Crippen molar-refractivity contribution in [3.63, 3.8) is 0 Å². The number of hydrogen-bond acceptors (Lipinski definition) is 6. The van der Waals surface area contributed by atoms with Crippen molar-refractivity contribution < 1.29 is 28.6 Å². The predicted molar refractivity (Wildman–Crippen MR) is 117 cm³/mol. The van der Waals surface area contributed by atoms with Gasteiger partial charge in [-0.15, -0.1) is 0 Å². The Morgan fingerprint density at radius 1 is 0.633 bits per heavy atom. The van der Waals surface area contributed by atoms with Crippen molar-refractivity contribution in [1.82, 2.24) is 4.90 Å². The summed E-state index contributed by atoms with van der Waals surface area (Å²) in [6.07, 6.45) is 10.4. The zero-order valence-electron chi connectivity index (χ0n) is 19.8. The van der Waals surface area contributed by atoms with Crippen molar-refractivity contribution in [1.29, 1.82) is 0 Å². The van der Waals surface area contributed by atoms with Crippen LogP contribution in [0.2, 0.25) is 0 Å². The highest BCUT2D eigenvalue weighted by atomic mass is 16.6. The first-order chi connectivity index (χ1) is 14.2. The lowest BCUT2D eigenvalue weighted by Gasteiger charge is -2.27. The van der Waals surface area contributed by atoms with E-state index in [-0.39, 0.29) is 18.0 Å². The van der Waals surface area contributed by atoms with Crippen LogP contribution in [-0.4, -0.2) is 55.8 Å². The minimum Gasteiger partial charge on any atom is -0.469 e. The topological polar surface area (TPSA) is 82.1 Å². The van der Waals surface area contributed by atoms with Crippen molar-refractivity contribution in [2.75, 3.05) is 27.3 Å². The second-order valence-corrected chi connectivity index (χ2v) is 8.66. The van der Waals surface area contributed by atoms with Gasteiger partial charge in [0.2, 0.25) is 0 Å². The Morgan fingerprint density at radius 3 is 1.37 bits per heavy atom. The smallest absolute Gasteiger partial charge is 0.410 e. The van der Waals surface area contributed by atoms with E-state index in [4.69, 9.17) is 4.74 Å². The SMILES string of the molecule is COC(=O)CCCCCCCN(CCCCCCCC(=O)OC)C(=O)OC(C)(C)C. The number of ether oxygens (including phenoxy) is 3. The number of hydrogen-bond donors (Lipinski definition) is 0. The van der Waals surface area contributed by atoms with E-state index < -0.39 is 5.60 Å². The first-order valence-corrected chi connectivity index (χ1v) is 11.3. The molecule has 0 saturated carbocycles. The lowest BCUT2D eigenvalue weighted by atomic mass is 10.1. The number of carbonyl (C=O) groups is 3. The van der Waals surface area contributed by atoms with Crippen LogP contribution >= 0.6 is 0 Å². The second-order valence-electron chi connectivity index (χ2n) is 8.66. The average Bonchev–Trinajstić information content (AvgIpc) is 2.68. The molecular formula is C23H43NO6. The Bertz CT molecular complexity index is 457. The number of amides is 1. The first kappa shape index (κ1) is 28.2. The van der Waals surface area contributed by atoms with Gasteiger partial charge in [0, 0.05) is 25.9 Å². The fourth-order valence-corrected chi connectivity index (χ4v) is 3.03. The number of carbonyl (C=O) groups excluding carboxylic acids is 3. The quantitative estimate of drug-likeness (QED) is 0.189. The number of methoxy groups -OCH3 is 2. The minimum atomic E-state index is -0.503. The van der Waals surface area contributed by atoms with E-state index in [2.05, 4.69) is 9.47 Å². The molecule has 0 radical (unpaired) electrons. The van der Waals surface area contributed by atoms with Crippen molar-refractivity contribution in [3.8, 4) is 0 Å². The molecule has 0 heterocycles. The molecule has 0 saturated heterocycles. The van der Waals surface area contributed by atoms with Crippen LogP contribution in [0.15, 0.2) is 0 Å². The summed E-state index contributed by atoms with van der Waals surface area (Å²) >= 11 is 0. The molecule has 0 spiro atoms. The largest absolute Gasteiger partial charge is 0.469 e. The van der Waals surface area contributed by atoms with Crippen molar-refractivity contribution in [2.45, 2.75) is 103 Å².